The van der Waals surface area contributed by atoms with Gasteiger partial charge in [-0.3, -0.25) is 4.99 Å². The van der Waals surface area contributed by atoms with Crippen molar-refractivity contribution in [3.63, 3.8) is 0 Å². The van der Waals surface area contributed by atoms with Crippen LogP contribution < -0.4 is 15.4 Å². The molecule has 6 nitrogen and oxygen atoms in total. The molecule has 2 N–H and O–H groups in total. The van der Waals surface area contributed by atoms with Gasteiger partial charge < -0.3 is 20.1 Å². The molecule has 1 aliphatic rings. The maximum atomic E-state index is 5.93. The van der Waals surface area contributed by atoms with E-state index in [2.05, 4.69) is 20.6 Å². The number of guanidine groups is 1. The molecule has 0 aromatic carbocycles. The number of hydrogen-bond acceptors (Lipinski definition) is 4. The molecule has 0 bridgehead atoms. The van der Waals surface area contributed by atoms with E-state index < -0.39 is 0 Å². The van der Waals surface area contributed by atoms with Crippen LogP contribution in [0.4, 0.5) is 0 Å². The predicted octanol–water partition coefficient (Wildman–Crippen LogP) is 3.11. The molecule has 1 fully saturated rings. The van der Waals surface area contributed by atoms with Crippen LogP contribution >= 0.6 is 24.0 Å². The fraction of sp³-hybridized carbons (Fsp3) is 0.667. The van der Waals surface area contributed by atoms with Crippen LogP contribution in [0.2, 0.25) is 0 Å². The lowest BCUT2D eigenvalue weighted by atomic mass is 9.98. The van der Waals surface area contributed by atoms with Crippen molar-refractivity contribution < 1.29 is 9.47 Å². The van der Waals surface area contributed by atoms with Gasteiger partial charge in [0, 0.05) is 39.0 Å². The lowest BCUT2D eigenvalue weighted by Crippen LogP contribution is -2.37. The molecule has 1 aliphatic carbocycles. The van der Waals surface area contributed by atoms with Crippen molar-refractivity contribution in [3.05, 3.63) is 23.9 Å². The van der Waals surface area contributed by atoms with Gasteiger partial charge in [-0.05, 0) is 30.9 Å². The second kappa shape index (κ2) is 13.2. The Morgan fingerprint density at radius 1 is 1.28 bits per heavy atom. The SMILES string of the molecule is CN=C(NCCCOC1CCCCC1)NCc1ccnc(OC)c1.I. The number of aromatic nitrogens is 1. The second-order valence-electron chi connectivity index (χ2n) is 6.04. The number of halogens is 1. The first-order chi connectivity index (χ1) is 11.8. The molecule has 0 aliphatic heterocycles. The molecule has 0 atom stereocenters. The third-order valence-electron chi connectivity index (χ3n) is 4.21. The van der Waals surface area contributed by atoms with E-state index in [1.807, 2.05) is 12.1 Å². The first kappa shape index (κ1) is 22.0. The zero-order chi connectivity index (χ0) is 17.0. The minimum Gasteiger partial charge on any atom is -0.481 e. The van der Waals surface area contributed by atoms with E-state index in [0.717, 1.165) is 31.1 Å². The van der Waals surface area contributed by atoms with Gasteiger partial charge in [0.15, 0.2) is 5.96 Å². The van der Waals surface area contributed by atoms with Gasteiger partial charge in [0.05, 0.1) is 13.2 Å². The van der Waals surface area contributed by atoms with E-state index in [4.69, 9.17) is 9.47 Å². The molecule has 1 aromatic heterocycles. The topological polar surface area (TPSA) is 67.8 Å². The predicted molar refractivity (Wildman–Crippen MR) is 112 cm³/mol. The molecule has 0 spiro atoms. The van der Waals surface area contributed by atoms with Crippen LogP contribution in [0.15, 0.2) is 23.3 Å². The molecule has 0 unspecified atom stereocenters. The summed E-state index contributed by atoms with van der Waals surface area (Å²) in [6.45, 7) is 2.35. The van der Waals surface area contributed by atoms with Crippen LogP contribution in [-0.4, -0.2) is 44.4 Å². The Hall–Kier alpha value is -1.09. The van der Waals surface area contributed by atoms with Crippen molar-refractivity contribution >= 4 is 29.9 Å². The molecular formula is C18H31IN4O2. The molecule has 1 aromatic rings. The van der Waals surface area contributed by atoms with E-state index in [9.17, 15) is 0 Å². The number of methoxy groups -OCH3 is 1. The standard InChI is InChI=1S/C18H30N4O2.HI/c1-19-18(22-14-15-9-11-20-17(13-15)23-2)21-10-6-12-24-16-7-4-3-5-8-16;/h9,11,13,16H,3-8,10,12,14H2,1-2H3,(H2,19,21,22);1H. The smallest absolute Gasteiger partial charge is 0.213 e. The van der Waals surface area contributed by atoms with Crippen molar-refractivity contribution in [2.75, 3.05) is 27.3 Å². The monoisotopic (exact) mass is 462 g/mol. The highest BCUT2D eigenvalue weighted by Gasteiger charge is 2.12. The van der Waals surface area contributed by atoms with Crippen LogP contribution in [0.3, 0.4) is 0 Å². The van der Waals surface area contributed by atoms with Crippen LogP contribution in [0.5, 0.6) is 5.88 Å². The number of rotatable bonds is 8. The number of ether oxygens (including phenoxy) is 2. The van der Waals surface area contributed by atoms with Gasteiger partial charge >= 0.3 is 0 Å². The highest BCUT2D eigenvalue weighted by molar-refractivity contribution is 14.0. The third-order valence-corrected chi connectivity index (χ3v) is 4.21. The maximum absolute atomic E-state index is 5.93. The number of nitrogens with one attached hydrogen (secondary N) is 2. The molecule has 7 heteroatoms. The Morgan fingerprint density at radius 3 is 2.80 bits per heavy atom. The highest BCUT2D eigenvalue weighted by atomic mass is 127. The van der Waals surface area contributed by atoms with Gasteiger partial charge in [-0.25, -0.2) is 4.98 Å². The minimum atomic E-state index is 0. The molecule has 0 amide bonds. The van der Waals surface area contributed by atoms with Crippen molar-refractivity contribution in [3.8, 4) is 5.88 Å². The van der Waals surface area contributed by atoms with Crippen LogP contribution in [0.25, 0.3) is 0 Å². The lowest BCUT2D eigenvalue weighted by Gasteiger charge is -2.22. The second-order valence-corrected chi connectivity index (χ2v) is 6.04. The quantitative estimate of drug-likeness (QED) is 0.269. The van der Waals surface area contributed by atoms with Crippen molar-refractivity contribution in [2.24, 2.45) is 4.99 Å². The zero-order valence-corrected chi connectivity index (χ0v) is 17.6. The normalized spacial score (nSPS) is 15.4. The summed E-state index contributed by atoms with van der Waals surface area (Å²) in [5.41, 5.74) is 1.10. The molecule has 25 heavy (non-hydrogen) atoms. The van der Waals surface area contributed by atoms with Gasteiger partial charge in [-0.2, -0.15) is 0 Å². The first-order valence-corrected chi connectivity index (χ1v) is 8.87. The van der Waals surface area contributed by atoms with E-state index in [1.54, 1.807) is 20.4 Å². The maximum Gasteiger partial charge on any atom is 0.213 e. The largest absolute Gasteiger partial charge is 0.481 e. The van der Waals surface area contributed by atoms with Crippen LogP contribution in [0, 0.1) is 0 Å². The summed E-state index contributed by atoms with van der Waals surface area (Å²) in [7, 11) is 3.40. The number of hydrogen-bond donors (Lipinski definition) is 2. The Bertz CT molecular complexity index is 508. The van der Waals surface area contributed by atoms with Crippen molar-refractivity contribution in [2.45, 2.75) is 51.2 Å². The summed E-state index contributed by atoms with van der Waals surface area (Å²) in [5.74, 6) is 1.42. The van der Waals surface area contributed by atoms with E-state index in [1.165, 1.54) is 32.1 Å². The van der Waals surface area contributed by atoms with Crippen LogP contribution in [-0.2, 0) is 11.3 Å². The number of aliphatic imine (C=N–C) groups is 1. The van der Waals surface area contributed by atoms with Crippen molar-refractivity contribution in [1.29, 1.82) is 0 Å². The van der Waals surface area contributed by atoms with Crippen LogP contribution in [0.1, 0.15) is 44.1 Å². The molecule has 142 valence electrons. The zero-order valence-electron chi connectivity index (χ0n) is 15.3. The molecule has 2 rings (SSSR count). The Morgan fingerprint density at radius 2 is 2.08 bits per heavy atom. The van der Waals surface area contributed by atoms with Gasteiger partial charge in [-0.15, -0.1) is 24.0 Å². The summed E-state index contributed by atoms with van der Waals surface area (Å²) in [5, 5.41) is 6.61. The Balaban J connectivity index is 0.00000312. The number of pyridine rings is 1. The van der Waals surface area contributed by atoms with Gasteiger partial charge in [0.2, 0.25) is 5.88 Å². The first-order valence-electron chi connectivity index (χ1n) is 8.87. The summed E-state index contributed by atoms with van der Waals surface area (Å²) < 4.78 is 11.1. The van der Waals surface area contributed by atoms with E-state index >= 15 is 0 Å². The molecular weight excluding hydrogens is 431 g/mol. The summed E-state index contributed by atoms with van der Waals surface area (Å²) >= 11 is 0. The van der Waals surface area contributed by atoms with E-state index in [-0.39, 0.29) is 24.0 Å². The van der Waals surface area contributed by atoms with Gasteiger partial charge in [-0.1, -0.05) is 19.3 Å². The van der Waals surface area contributed by atoms with Gasteiger partial charge in [0.25, 0.3) is 0 Å². The molecule has 0 radical (unpaired) electrons. The molecule has 1 heterocycles. The average molecular weight is 462 g/mol. The molecule has 0 saturated heterocycles. The fourth-order valence-corrected chi connectivity index (χ4v) is 2.84. The summed E-state index contributed by atoms with van der Waals surface area (Å²) in [6, 6.07) is 3.87. The highest BCUT2D eigenvalue weighted by Crippen LogP contribution is 2.20. The van der Waals surface area contributed by atoms with Crippen molar-refractivity contribution in [1.82, 2.24) is 15.6 Å². The average Bonchev–Trinajstić information content (AvgIpc) is 2.65. The fourth-order valence-electron chi connectivity index (χ4n) is 2.84. The Kier molecular flexibility index (Phi) is 11.6. The Labute approximate surface area is 168 Å². The molecule has 1 saturated carbocycles. The summed E-state index contributed by atoms with van der Waals surface area (Å²) in [6.07, 6.45) is 9.68. The number of nitrogens with zero attached hydrogens (tertiary/aromatic N) is 2. The minimum absolute atomic E-state index is 0. The third kappa shape index (κ3) is 8.71. The van der Waals surface area contributed by atoms with Gasteiger partial charge in [0.1, 0.15) is 0 Å². The van der Waals surface area contributed by atoms with E-state index in [0.29, 0.717) is 18.5 Å². The lowest BCUT2D eigenvalue weighted by molar-refractivity contribution is 0.0277. The summed E-state index contributed by atoms with van der Waals surface area (Å²) in [4.78, 5) is 8.34.